The van der Waals surface area contributed by atoms with Gasteiger partial charge in [-0.05, 0) is 24.5 Å². The normalized spacial score (nSPS) is 14.9. The van der Waals surface area contributed by atoms with E-state index in [0.717, 1.165) is 6.54 Å². The number of nitrogens with zero attached hydrogens (tertiary/aromatic N) is 1. The maximum absolute atomic E-state index is 5.72. The summed E-state index contributed by atoms with van der Waals surface area (Å²) in [5.74, 6) is 0.699. The summed E-state index contributed by atoms with van der Waals surface area (Å²) < 4.78 is 0. The van der Waals surface area contributed by atoms with Crippen LogP contribution in [0.5, 0.6) is 0 Å². The lowest BCUT2D eigenvalue weighted by molar-refractivity contribution is 0.389. The van der Waals surface area contributed by atoms with Crippen LogP contribution in [0.15, 0.2) is 18.3 Å². The Labute approximate surface area is 97.1 Å². The Kier molecular flexibility index (Phi) is 5.06. The minimum Gasteiger partial charge on any atom is -0.310 e. The Balaban J connectivity index is 2.40. The Morgan fingerprint density at radius 3 is 2.67 bits per heavy atom. The molecule has 3 heteroatoms. The monoisotopic (exact) mass is 226 g/mol. The third-order valence-electron chi connectivity index (χ3n) is 2.91. The minimum absolute atomic E-state index is 0.533. The standard InChI is InChI=1S/C12H19ClN2/c1-4-9(2)10(3)14-7-11-5-6-12(13)15-8-11/h5-6,8-10,14H,4,7H2,1-3H3. The highest BCUT2D eigenvalue weighted by Crippen LogP contribution is 2.09. The van der Waals surface area contributed by atoms with Gasteiger partial charge in [-0.3, -0.25) is 0 Å². The Hall–Kier alpha value is -0.600. The van der Waals surface area contributed by atoms with Crippen molar-refractivity contribution in [1.29, 1.82) is 0 Å². The lowest BCUT2D eigenvalue weighted by Crippen LogP contribution is -2.31. The maximum Gasteiger partial charge on any atom is 0.129 e. The fourth-order valence-electron chi connectivity index (χ4n) is 1.34. The van der Waals surface area contributed by atoms with Crippen LogP contribution < -0.4 is 5.32 Å². The molecule has 2 nitrogen and oxygen atoms in total. The summed E-state index contributed by atoms with van der Waals surface area (Å²) >= 11 is 5.72. The number of halogens is 1. The summed E-state index contributed by atoms with van der Waals surface area (Å²) in [4.78, 5) is 4.05. The summed E-state index contributed by atoms with van der Waals surface area (Å²) in [7, 11) is 0. The van der Waals surface area contributed by atoms with E-state index in [0.29, 0.717) is 17.1 Å². The Morgan fingerprint density at radius 1 is 1.40 bits per heavy atom. The highest BCUT2D eigenvalue weighted by atomic mass is 35.5. The first kappa shape index (κ1) is 12.5. The van der Waals surface area contributed by atoms with E-state index in [1.54, 1.807) is 0 Å². The van der Waals surface area contributed by atoms with Crippen LogP contribution in [0.4, 0.5) is 0 Å². The Morgan fingerprint density at radius 2 is 2.13 bits per heavy atom. The molecule has 0 bridgehead atoms. The van der Waals surface area contributed by atoms with E-state index in [9.17, 15) is 0 Å². The molecule has 2 atom stereocenters. The zero-order valence-corrected chi connectivity index (χ0v) is 10.4. The molecule has 15 heavy (non-hydrogen) atoms. The van der Waals surface area contributed by atoms with Crippen molar-refractivity contribution < 1.29 is 0 Å². The summed E-state index contributed by atoms with van der Waals surface area (Å²) in [6.07, 6.45) is 3.02. The molecule has 84 valence electrons. The second kappa shape index (κ2) is 6.09. The van der Waals surface area contributed by atoms with Gasteiger partial charge in [0.15, 0.2) is 0 Å². The molecule has 1 N–H and O–H groups in total. The SMILES string of the molecule is CCC(C)C(C)NCc1ccc(Cl)nc1. The van der Waals surface area contributed by atoms with E-state index < -0.39 is 0 Å². The van der Waals surface area contributed by atoms with E-state index in [1.165, 1.54) is 12.0 Å². The van der Waals surface area contributed by atoms with Gasteiger partial charge in [-0.25, -0.2) is 4.98 Å². The number of rotatable bonds is 5. The van der Waals surface area contributed by atoms with E-state index in [1.807, 2.05) is 18.3 Å². The van der Waals surface area contributed by atoms with Crippen LogP contribution >= 0.6 is 11.6 Å². The minimum atomic E-state index is 0.533. The predicted molar refractivity (Wildman–Crippen MR) is 65.0 cm³/mol. The van der Waals surface area contributed by atoms with Crippen molar-refractivity contribution in [1.82, 2.24) is 10.3 Å². The van der Waals surface area contributed by atoms with Gasteiger partial charge in [0.2, 0.25) is 0 Å². The average molecular weight is 227 g/mol. The van der Waals surface area contributed by atoms with Gasteiger partial charge in [-0.2, -0.15) is 0 Å². The van der Waals surface area contributed by atoms with E-state index in [-0.39, 0.29) is 0 Å². The zero-order chi connectivity index (χ0) is 11.3. The van der Waals surface area contributed by atoms with Crippen molar-refractivity contribution in [2.45, 2.75) is 39.8 Å². The quantitative estimate of drug-likeness (QED) is 0.780. The molecule has 1 rings (SSSR count). The number of pyridine rings is 1. The molecule has 2 unspecified atom stereocenters. The highest BCUT2D eigenvalue weighted by Gasteiger charge is 2.08. The van der Waals surface area contributed by atoms with Crippen LogP contribution in [-0.4, -0.2) is 11.0 Å². The van der Waals surface area contributed by atoms with Crippen LogP contribution in [0, 0.1) is 5.92 Å². The predicted octanol–water partition coefficient (Wildman–Crippen LogP) is 3.26. The third-order valence-corrected chi connectivity index (χ3v) is 3.14. The molecule has 0 aromatic carbocycles. The van der Waals surface area contributed by atoms with Gasteiger partial charge in [0, 0.05) is 18.8 Å². The summed E-state index contributed by atoms with van der Waals surface area (Å²) in [6, 6.07) is 4.36. The van der Waals surface area contributed by atoms with Crippen molar-refractivity contribution in [3.8, 4) is 0 Å². The molecular weight excluding hydrogens is 208 g/mol. The zero-order valence-electron chi connectivity index (χ0n) is 9.63. The van der Waals surface area contributed by atoms with Crippen molar-refractivity contribution in [3.05, 3.63) is 29.0 Å². The molecule has 0 saturated heterocycles. The highest BCUT2D eigenvalue weighted by molar-refractivity contribution is 6.29. The topological polar surface area (TPSA) is 24.9 Å². The second-order valence-electron chi connectivity index (χ2n) is 4.04. The molecule has 0 aliphatic carbocycles. The molecule has 1 aromatic heterocycles. The fourth-order valence-corrected chi connectivity index (χ4v) is 1.46. The van der Waals surface area contributed by atoms with Crippen molar-refractivity contribution in [3.63, 3.8) is 0 Å². The van der Waals surface area contributed by atoms with Gasteiger partial charge < -0.3 is 5.32 Å². The van der Waals surface area contributed by atoms with E-state index in [4.69, 9.17) is 11.6 Å². The number of nitrogens with one attached hydrogen (secondary N) is 1. The lowest BCUT2D eigenvalue weighted by atomic mass is 10.0. The molecule has 0 amide bonds. The molecule has 0 aliphatic heterocycles. The fraction of sp³-hybridized carbons (Fsp3) is 0.583. The molecule has 1 heterocycles. The molecular formula is C12H19ClN2. The summed E-state index contributed by atoms with van der Waals surface area (Å²) in [6.45, 7) is 7.55. The van der Waals surface area contributed by atoms with Crippen LogP contribution in [-0.2, 0) is 6.54 Å². The molecule has 0 fully saturated rings. The van der Waals surface area contributed by atoms with Gasteiger partial charge in [0.1, 0.15) is 5.15 Å². The molecule has 0 aliphatic rings. The molecule has 0 radical (unpaired) electrons. The van der Waals surface area contributed by atoms with Crippen molar-refractivity contribution >= 4 is 11.6 Å². The summed E-state index contributed by atoms with van der Waals surface area (Å²) in [5.41, 5.74) is 1.18. The van der Waals surface area contributed by atoms with Gasteiger partial charge >= 0.3 is 0 Å². The molecule has 0 saturated carbocycles. The average Bonchev–Trinajstić information content (AvgIpc) is 2.26. The first-order chi connectivity index (χ1) is 7.13. The Bertz CT molecular complexity index is 284. The first-order valence-electron chi connectivity index (χ1n) is 5.47. The third kappa shape index (κ3) is 4.18. The van der Waals surface area contributed by atoms with Crippen LogP contribution in [0.1, 0.15) is 32.8 Å². The van der Waals surface area contributed by atoms with Gasteiger partial charge in [0.25, 0.3) is 0 Å². The van der Waals surface area contributed by atoms with Crippen LogP contribution in [0.2, 0.25) is 5.15 Å². The van der Waals surface area contributed by atoms with Crippen LogP contribution in [0.25, 0.3) is 0 Å². The van der Waals surface area contributed by atoms with Crippen molar-refractivity contribution in [2.24, 2.45) is 5.92 Å². The van der Waals surface area contributed by atoms with Crippen LogP contribution in [0.3, 0.4) is 0 Å². The van der Waals surface area contributed by atoms with E-state index in [2.05, 4.69) is 31.1 Å². The second-order valence-corrected chi connectivity index (χ2v) is 4.43. The van der Waals surface area contributed by atoms with Gasteiger partial charge in [-0.1, -0.05) is 37.9 Å². The molecule has 1 aromatic rings. The van der Waals surface area contributed by atoms with Gasteiger partial charge in [0.05, 0.1) is 0 Å². The summed E-state index contributed by atoms with van der Waals surface area (Å²) in [5, 5.41) is 4.04. The van der Waals surface area contributed by atoms with Crippen molar-refractivity contribution in [2.75, 3.05) is 0 Å². The number of hydrogen-bond acceptors (Lipinski definition) is 2. The first-order valence-corrected chi connectivity index (χ1v) is 5.85. The lowest BCUT2D eigenvalue weighted by Gasteiger charge is -2.19. The number of hydrogen-bond donors (Lipinski definition) is 1. The number of aromatic nitrogens is 1. The largest absolute Gasteiger partial charge is 0.310 e. The molecule has 0 spiro atoms. The smallest absolute Gasteiger partial charge is 0.129 e. The van der Waals surface area contributed by atoms with E-state index >= 15 is 0 Å². The van der Waals surface area contributed by atoms with Gasteiger partial charge in [-0.15, -0.1) is 0 Å². The maximum atomic E-state index is 5.72.